The number of carbonyl (C=O) groups is 1. The maximum Gasteiger partial charge on any atom is 0.275 e. The fourth-order valence-corrected chi connectivity index (χ4v) is 4.06. The Kier molecular flexibility index (Phi) is 6.92. The fourth-order valence-electron chi connectivity index (χ4n) is 3.25. The molecule has 0 aliphatic carbocycles. The number of aromatic nitrogens is 2. The van der Waals surface area contributed by atoms with Crippen LogP contribution in [0.1, 0.15) is 16.1 Å². The number of likely N-dealkylation sites (N-methyl/N-ethyl adjacent to an activating group) is 1. The zero-order valence-corrected chi connectivity index (χ0v) is 19.1. The largest absolute Gasteiger partial charge is 0.472 e. The third-order valence-corrected chi connectivity index (χ3v) is 5.86. The molecule has 0 aliphatic rings. The van der Waals surface area contributed by atoms with Crippen LogP contribution in [-0.2, 0) is 0 Å². The average molecular weight is 461 g/mol. The molecule has 0 bridgehead atoms. The second-order valence-electron chi connectivity index (χ2n) is 7.60. The number of thiazole rings is 1. The first-order valence-corrected chi connectivity index (χ1v) is 11.2. The predicted octanol–water partition coefficient (Wildman–Crippen LogP) is 4.69. The lowest BCUT2D eigenvalue weighted by Crippen LogP contribution is -2.21. The molecule has 0 saturated heterocycles. The molecule has 4 aromatic rings. The number of nitrogens with one attached hydrogen (secondary N) is 3. The molecular formula is C24H24N6O2S. The highest BCUT2D eigenvalue weighted by Gasteiger charge is 2.17. The molecule has 9 heteroatoms. The van der Waals surface area contributed by atoms with Gasteiger partial charge in [-0.15, -0.1) is 11.3 Å². The van der Waals surface area contributed by atoms with Gasteiger partial charge in [-0.2, -0.15) is 0 Å². The lowest BCUT2D eigenvalue weighted by atomic mass is 10.0. The number of nitrogens with zero attached hydrogens (tertiary/aromatic N) is 3. The van der Waals surface area contributed by atoms with E-state index in [2.05, 4.69) is 25.5 Å². The number of hydrogen-bond acceptors (Lipinski definition) is 8. The van der Waals surface area contributed by atoms with Crippen LogP contribution in [0.3, 0.4) is 0 Å². The van der Waals surface area contributed by atoms with E-state index in [1.165, 1.54) is 17.6 Å². The quantitative estimate of drug-likeness (QED) is 0.313. The molecule has 0 spiro atoms. The van der Waals surface area contributed by atoms with Crippen molar-refractivity contribution >= 4 is 34.8 Å². The maximum atomic E-state index is 13.0. The van der Waals surface area contributed by atoms with Crippen molar-refractivity contribution in [3.05, 3.63) is 71.9 Å². The van der Waals surface area contributed by atoms with Crippen molar-refractivity contribution in [2.45, 2.75) is 0 Å². The molecule has 0 aliphatic heterocycles. The van der Waals surface area contributed by atoms with Crippen LogP contribution in [0.4, 0.5) is 11.4 Å². The Labute approximate surface area is 195 Å². The summed E-state index contributed by atoms with van der Waals surface area (Å²) in [5.74, 6) is -0.319. The molecule has 4 rings (SSSR count). The number of benzene rings is 1. The van der Waals surface area contributed by atoms with Gasteiger partial charge < -0.3 is 25.4 Å². The zero-order valence-electron chi connectivity index (χ0n) is 18.3. The lowest BCUT2D eigenvalue weighted by molar-refractivity contribution is 0.102. The maximum absolute atomic E-state index is 13.0. The standard InChI is InChI=1S/C24H24N6O2S/c1-30(2)9-8-27-20-12-19(17-5-10-32-14-17)21(11-18(20)13-25)28-23(31)22-15-33-24(29-22)16-3-6-26-7-4-16/h3-7,10-15,25,27H,8-9H2,1-2H3,(H,28,31). The predicted molar refractivity (Wildman–Crippen MR) is 132 cm³/mol. The number of pyridine rings is 1. The molecule has 0 fully saturated rings. The van der Waals surface area contributed by atoms with Crippen molar-refractivity contribution in [3.63, 3.8) is 0 Å². The summed E-state index contributed by atoms with van der Waals surface area (Å²) < 4.78 is 5.27. The molecule has 1 amide bonds. The zero-order chi connectivity index (χ0) is 23.2. The van der Waals surface area contributed by atoms with E-state index in [9.17, 15) is 4.79 Å². The van der Waals surface area contributed by atoms with Gasteiger partial charge in [0.05, 0.1) is 12.5 Å². The summed E-state index contributed by atoms with van der Waals surface area (Å²) in [5, 5.41) is 16.7. The SMILES string of the molecule is CN(C)CCNc1cc(-c2ccoc2)c(NC(=O)c2csc(-c3ccncc3)n2)cc1C=N. The smallest absolute Gasteiger partial charge is 0.275 e. The summed E-state index contributed by atoms with van der Waals surface area (Å²) >= 11 is 1.40. The first kappa shape index (κ1) is 22.4. The van der Waals surface area contributed by atoms with E-state index in [0.29, 0.717) is 16.9 Å². The second kappa shape index (κ2) is 10.2. The first-order chi connectivity index (χ1) is 16.0. The Hall–Kier alpha value is -3.82. The van der Waals surface area contributed by atoms with E-state index >= 15 is 0 Å². The summed E-state index contributed by atoms with van der Waals surface area (Å²) in [7, 11) is 4.01. The molecule has 3 N–H and O–H groups in total. The van der Waals surface area contributed by atoms with Crippen molar-refractivity contribution in [3.8, 4) is 21.7 Å². The highest BCUT2D eigenvalue weighted by atomic mass is 32.1. The number of hydrogen-bond donors (Lipinski definition) is 3. The van der Waals surface area contributed by atoms with Gasteiger partial charge in [-0.3, -0.25) is 9.78 Å². The first-order valence-electron chi connectivity index (χ1n) is 10.3. The van der Waals surface area contributed by atoms with E-state index in [1.807, 2.05) is 38.4 Å². The van der Waals surface area contributed by atoms with Crippen LogP contribution in [-0.4, -0.2) is 54.2 Å². The Bertz CT molecular complexity index is 1240. The molecule has 0 saturated carbocycles. The van der Waals surface area contributed by atoms with Crippen LogP contribution in [0.2, 0.25) is 0 Å². The van der Waals surface area contributed by atoms with Crippen molar-refractivity contribution in [1.82, 2.24) is 14.9 Å². The Balaban J connectivity index is 1.63. The van der Waals surface area contributed by atoms with E-state index in [0.717, 1.165) is 40.5 Å². The summed E-state index contributed by atoms with van der Waals surface area (Å²) in [6, 6.07) is 9.27. The lowest BCUT2D eigenvalue weighted by Gasteiger charge is -2.17. The minimum absolute atomic E-state index is 0.319. The van der Waals surface area contributed by atoms with E-state index < -0.39 is 0 Å². The van der Waals surface area contributed by atoms with Gasteiger partial charge in [0, 0.05) is 70.7 Å². The Morgan fingerprint density at radius 1 is 1.18 bits per heavy atom. The Morgan fingerprint density at radius 2 is 2.00 bits per heavy atom. The third-order valence-electron chi connectivity index (χ3n) is 4.96. The van der Waals surface area contributed by atoms with E-state index in [4.69, 9.17) is 9.83 Å². The van der Waals surface area contributed by atoms with Gasteiger partial charge in [-0.1, -0.05) is 0 Å². The van der Waals surface area contributed by atoms with Crippen LogP contribution in [0.15, 0.2) is 65.0 Å². The van der Waals surface area contributed by atoms with Crippen molar-refractivity contribution in [2.24, 2.45) is 0 Å². The summed E-state index contributed by atoms with van der Waals surface area (Å²) in [6.45, 7) is 1.57. The number of rotatable bonds is 9. The summed E-state index contributed by atoms with van der Waals surface area (Å²) in [6.07, 6.45) is 7.88. The monoisotopic (exact) mass is 460 g/mol. The molecule has 8 nitrogen and oxygen atoms in total. The molecule has 0 unspecified atom stereocenters. The highest BCUT2D eigenvalue weighted by molar-refractivity contribution is 7.13. The fraction of sp³-hybridized carbons (Fsp3) is 0.167. The highest BCUT2D eigenvalue weighted by Crippen LogP contribution is 2.34. The summed E-state index contributed by atoms with van der Waals surface area (Å²) in [4.78, 5) is 23.6. The van der Waals surface area contributed by atoms with Crippen molar-refractivity contribution in [2.75, 3.05) is 37.8 Å². The number of carbonyl (C=O) groups excluding carboxylic acids is 1. The van der Waals surface area contributed by atoms with Crippen molar-refractivity contribution in [1.29, 1.82) is 5.41 Å². The van der Waals surface area contributed by atoms with Gasteiger partial charge in [-0.25, -0.2) is 4.98 Å². The van der Waals surface area contributed by atoms with Gasteiger partial charge in [0.15, 0.2) is 0 Å². The minimum Gasteiger partial charge on any atom is -0.472 e. The molecule has 1 aromatic carbocycles. The van der Waals surface area contributed by atoms with Crippen LogP contribution >= 0.6 is 11.3 Å². The molecule has 3 aromatic heterocycles. The van der Waals surface area contributed by atoms with Crippen LogP contribution < -0.4 is 10.6 Å². The normalized spacial score (nSPS) is 10.9. The van der Waals surface area contributed by atoms with Gasteiger partial charge in [-0.05, 0) is 44.4 Å². The molecular weight excluding hydrogens is 436 g/mol. The molecule has 3 heterocycles. The minimum atomic E-state index is -0.319. The molecule has 0 radical (unpaired) electrons. The van der Waals surface area contributed by atoms with Crippen LogP contribution in [0.25, 0.3) is 21.7 Å². The van der Waals surface area contributed by atoms with E-state index in [-0.39, 0.29) is 5.91 Å². The van der Waals surface area contributed by atoms with Gasteiger partial charge in [0.2, 0.25) is 0 Å². The average Bonchev–Trinajstić information content (AvgIpc) is 3.52. The second-order valence-corrected chi connectivity index (χ2v) is 8.46. The molecule has 168 valence electrons. The van der Waals surface area contributed by atoms with Crippen molar-refractivity contribution < 1.29 is 9.21 Å². The van der Waals surface area contributed by atoms with Gasteiger partial charge in [0.25, 0.3) is 5.91 Å². The van der Waals surface area contributed by atoms with E-state index in [1.54, 1.807) is 36.4 Å². The van der Waals surface area contributed by atoms with Gasteiger partial charge >= 0.3 is 0 Å². The van der Waals surface area contributed by atoms with Crippen LogP contribution in [0, 0.1) is 5.41 Å². The Morgan fingerprint density at radius 3 is 2.70 bits per heavy atom. The van der Waals surface area contributed by atoms with Gasteiger partial charge in [0.1, 0.15) is 10.7 Å². The molecule has 0 atom stereocenters. The number of furan rings is 1. The topological polar surface area (TPSA) is 107 Å². The number of anilines is 2. The third kappa shape index (κ3) is 5.33. The summed E-state index contributed by atoms with van der Waals surface area (Å²) in [5.41, 5.74) is 4.92. The molecule has 33 heavy (non-hydrogen) atoms. The number of amides is 1. The van der Waals surface area contributed by atoms with Crippen LogP contribution in [0.5, 0.6) is 0 Å².